The number of nitrogen functional groups attached to an aromatic ring is 1. The molecule has 0 amide bonds. The Bertz CT molecular complexity index is 933. The molecule has 0 spiro atoms. The van der Waals surface area contributed by atoms with E-state index in [0.717, 1.165) is 24.3 Å². The molecule has 7 nitrogen and oxygen atoms in total. The smallest absolute Gasteiger partial charge is 0.221 e. The van der Waals surface area contributed by atoms with Crippen molar-refractivity contribution in [3.63, 3.8) is 0 Å². The minimum absolute atomic E-state index is 0.0771. The Labute approximate surface area is 158 Å². The molecular formula is C20H24N6O. The van der Waals surface area contributed by atoms with Crippen molar-refractivity contribution in [3.8, 4) is 0 Å². The average Bonchev–Trinajstić information content (AvgIpc) is 3.10. The fourth-order valence-corrected chi connectivity index (χ4v) is 3.69. The number of methoxy groups -OCH3 is 1. The number of nitrogens with zero attached hydrogens (tertiary/aromatic N) is 4. The predicted molar refractivity (Wildman–Crippen MR) is 107 cm³/mol. The number of hydrogen-bond acceptors (Lipinski definition) is 7. The minimum atomic E-state index is 0.0771. The maximum Gasteiger partial charge on any atom is 0.221 e. The predicted octanol–water partition coefficient (Wildman–Crippen LogP) is 2.16. The molecular weight excluding hydrogens is 340 g/mol. The average molecular weight is 364 g/mol. The van der Waals surface area contributed by atoms with Gasteiger partial charge < -0.3 is 20.7 Å². The Kier molecular flexibility index (Phi) is 4.87. The number of ether oxygens (including phenoxy) is 1. The van der Waals surface area contributed by atoms with Crippen LogP contribution in [-0.4, -0.2) is 47.3 Å². The summed E-state index contributed by atoms with van der Waals surface area (Å²) in [6, 6.07) is 10.8. The zero-order valence-electron chi connectivity index (χ0n) is 15.5. The fourth-order valence-electron chi connectivity index (χ4n) is 3.69. The Hall–Kier alpha value is -2.77. The number of hydrogen-bond donors (Lipinski definition) is 2. The number of pyridine rings is 1. The Morgan fingerprint density at radius 2 is 2.07 bits per heavy atom. The number of rotatable bonds is 5. The van der Waals surface area contributed by atoms with E-state index in [0.29, 0.717) is 0 Å². The summed E-state index contributed by atoms with van der Waals surface area (Å²) in [7, 11) is 1.75. The number of nitrogens with one attached hydrogen (secondary N) is 1. The summed E-state index contributed by atoms with van der Waals surface area (Å²) in [4.78, 5) is 14.7. The van der Waals surface area contributed by atoms with Gasteiger partial charge in [-0.2, -0.15) is 4.98 Å². The fraction of sp³-hybridized carbons (Fsp3) is 0.350. The van der Waals surface area contributed by atoms with E-state index in [1.54, 1.807) is 13.3 Å². The molecule has 0 radical (unpaired) electrons. The highest BCUT2D eigenvalue weighted by atomic mass is 16.5. The lowest BCUT2D eigenvalue weighted by Gasteiger charge is -2.23. The van der Waals surface area contributed by atoms with Crippen molar-refractivity contribution < 1.29 is 4.74 Å². The first-order chi connectivity index (χ1) is 13.1. The maximum atomic E-state index is 5.73. The third-order valence-electron chi connectivity index (χ3n) is 5.18. The van der Waals surface area contributed by atoms with E-state index < -0.39 is 0 Å². The molecule has 1 aliphatic rings. The summed E-state index contributed by atoms with van der Waals surface area (Å²) in [5.74, 6) is 1.12. The molecule has 3 atom stereocenters. The molecule has 3 aromatic rings. The second-order valence-corrected chi connectivity index (χ2v) is 6.93. The summed E-state index contributed by atoms with van der Waals surface area (Å²) in [6.45, 7) is 3.75. The van der Waals surface area contributed by atoms with Crippen molar-refractivity contribution in [1.82, 2.24) is 20.3 Å². The highest BCUT2D eigenvalue weighted by Crippen LogP contribution is 2.24. The number of benzene rings is 1. The standard InChI is InChI=1S/C20H24N6O/c1-13(14-3-4-16-10-22-7-5-15(16)9-14)24-17-11-26(12-18(17)27-2)19-6-8-23-20(21)25-19/h3-10,13,17-18,24H,11-12H2,1-2H3,(H2,21,23,25)/t13?,17-,18+/m0/s1. The molecule has 27 heavy (non-hydrogen) atoms. The molecule has 140 valence electrons. The quantitative estimate of drug-likeness (QED) is 0.717. The van der Waals surface area contributed by atoms with Gasteiger partial charge >= 0.3 is 0 Å². The molecule has 0 saturated carbocycles. The Balaban J connectivity index is 1.49. The second kappa shape index (κ2) is 7.46. The van der Waals surface area contributed by atoms with Gasteiger partial charge in [0, 0.05) is 50.2 Å². The van der Waals surface area contributed by atoms with Crippen LogP contribution in [0.15, 0.2) is 48.9 Å². The Morgan fingerprint density at radius 1 is 1.19 bits per heavy atom. The largest absolute Gasteiger partial charge is 0.378 e. The highest BCUT2D eigenvalue weighted by Gasteiger charge is 2.34. The van der Waals surface area contributed by atoms with Crippen LogP contribution in [0.2, 0.25) is 0 Å². The first-order valence-corrected chi connectivity index (χ1v) is 9.10. The summed E-state index contributed by atoms with van der Waals surface area (Å²) in [5.41, 5.74) is 6.97. The summed E-state index contributed by atoms with van der Waals surface area (Å²) in [6.07, 6.45) is 5.48. The molecule has 1 aromatic carbocycles. The van der Waals surface area contributed by atoms with Crippen LogP contribution in [0.1, 0.15) is 18.5 Å². The van der Waals surface area contributed by atoms with Gasteiger partial charge in [0.1, 0.15) is 5.82 Å². The van der Waals surface area contributed by atoms with E-state index in [9.17, 15) is 0 Å². The molecule has 1 unspecified atom stereocenters. The van der Waals surface area contributed by atoms with Crippen molar-refractivity contribution in [1.29, 1.82) is 0 Å². The lowest BCUT2D eigenvalue weighted by atomic mass is 10.0. The van der Waals surface area contributed by atoms with E-state index >= 15 is 0 Å². The van der Waals surface area contributed by atoms with Crippen molar-refractivity contribution >= 4 is 22.5 Å². The van der Waals surface area contributed by atoms with E-state index in [1.165, 1.54) is 10.9 Å². The third kappa shape index (κ3) is 3.70. The van der Waals surface area contributed by atoms with Gasteiger partial charge in [-0.05, 0) is 36.1 Å². The molecule has 1 saturated heterocycles. The topological polar surface area (TPSA) is 89.2 Å². The molecule has 7 heteroatoms. The van der Waals surface area contributed by atoms with Gasteiger partial charge in [0.25, 0.3) is 0 Å². The van der Waals surface area contributed by atoms with Gasteiger partial charge in [-0.3, -0.25) is 4.98 Å². The van der Waals surface area contributed by atoms with Crippen molar-refractivity contribution in [2.45, 2.75) is 25.1 Å². The van der Waals surface area contributed by atoms with Crippen LogP contribution in [0.25, 0.3) is 10.8 Å². The molecule has 1 aliphatic heterocycles. The first-order valence-electron chi connectivity index (χ1n) is 9.10. The highest BCUT2D eigenvalue weighted by molar-refractivity contribution is 5.82. The number of anilines is 2. The van der Waals surface area contributed by atoms with Gasteiger partial charge in [-0.25, -0.2) is 4.98 Å². The molecule has 0 bridgehead atoms. The molecule has 1 fully saturated rings. The number of nitrogens with two attached hydrogens (primary N) is 1. The van der Waals surface area contributed by atoms with Gasteiger partial charge in [-0.15, -0.1) is 0 Å². The summed E-state index contributed by atoms with van der Waals surface area (Å²) < 4.78 is 5.73. The zero-order valence-corrected chi connectivity index (χ0v) is 15.5. The van der Waals surface area contributed by atoms with Crippen LogP contribution < -0.4 is 16.0 Å². The maximum absolute atomic E-state index is 5.73. The molecule has 2 aromatic heterocycles. The Morgan fingerprint density at radius 3 is 2.89 bits per heavy atom. The lowest BCUT2D eigenvalue weighted by Crippen LogP contribution is -2.41. The van der Waals surface area contributed by atoms with Crippen LogP contribution in [0.4, 0.5) is 11.8 Å². The van der Waals surface area contributed by atoms with Gasteiger partial charge in [0.15, 0.2) is 0 Å². The molecule has 3 N–H and O–H groups in total. The molecule has 3 heterocycles. The van der Waals surface area contributed by atoms with Gasteiger partial charge in [-0.1, -0.05) is 12.1 Å². The van der Waals surface area contributed by atoms with Crippen molar-refractivity contribution in [3.05, 3.63) is 54.5 Å². The van der Waals surface area contributed by atoms with Crippen LogP contribution in [0.5, 0.6) is 0 Å². The lowest BCUT2D eigenvalue weighted by molar-refractivity contribution is 0.0939. The van der Waals surface area contributed by atoms with E-state index in [1.807, 2.05) is 24.5 Å². The third-order valence-corrected chi connectivity index (χ3v) is 5.18. The molecule has 4 rings (SSSR count). The van der Waals surface area contributed by atoms with Crippen molar-refractivity contribution in [2.24, 2.45) is 0 Å². The van der Waals surface area contributed by atoms with E-state index in [-0.39, 0.29) is 24.1 Å². The second-order valence-electron chi connectivity index (χ2n) is 6.93. The normalized spacial score (nSPS) is 20.9. The SMILES string of the molecule is CO[C@@H]1CN(c2ccnc(N)n2)C[C@@H]1NC(C)c1ccc2cnccc2c1. The van der Waals surface area contributed by atoms with Crippen molar-refractivity contribution in [2.75, 3.05) is 30.8 Å². The van der Waals surface area contributed by atoms with Crippen LogP contribution in [-0.2, 0) is 4.74 Å². The van der Waals surface area contributed by atoms with E-state index in [2.05, 4.69) is 50.3 Å². The summed E-state index contributed by atoms with van der Waals surface area (Å²) in [5, 5.41) is 6.07. The number of aromatic nitrogens is 3. The van der Waals surface area contributed by atoms with Crippen LogP contribution in [0.3, 0.4) is 0 Å². The van der Waals surface area contributed by atoms with Gasteiger partial charge in [0.05, 0.1) is 12.1 Å². The van der Waals surface area contributed by atoms with Crippen LogP contribution >= 0.6 is 0 Å². The zero-order chi connectivity index (χ0) is 18.8. The van der Waals surface area contributed by atoms with E-state index in [4.69, 9.17) is 10.5 Å². The summed E-state index contributed by atoms with van der Waals surface area (Å²) >= 11 is 0. The van der Waals surface area contributed by atoms with Crippen LogP contribution in [0, 0.1) is 0 Å². The molecule has 0 aliphatic carbocycles. The van der Waals surface area contributed by atoms with Gasteiger partial charge in [0.2, 0.25) is 5.95 Å². The monoisotopic (exact) mass is 364 g/mol. The minimum Gasteiger partial charge on any atom is -0.378 e. The number of fused-ring (bicyclic) bond motifs is 1. The first kappa shape index (κ1) is 17.6.